The number of nitrogens with one attached hydrogen (secondary N) is 3. The summed E-state index contributed by atoms with van der Waals surface area (Å²) in [7, 11) is 1.68. The molecule has 1 aromatic carbocycles. The Morgan fingerprint density at radius 1 is 1.30 bits per heavy atom. The van der Waals surface area contributed by atoms with E-state index in [1.165, 1.54) is 0 Å². The predicted molar refractivity (Wildman–Crippen MR) is 103 cm³/mol. The minimum atomic E-state index is -0.149. The Bertz CT molecular complexity index is 516. The highest BCUT2D eigenvalue weighted by Gasteiger charge is 2.29. The molecule has 0 aliphatic carbocycles. The number of anilines is 1. The SMILES string of the molecule is CN=C(NCC(=O)Nc1ccccc1)NCC1(C)CCCO1.I. The lowest BCUT2D eigenvalue weighted by atomic mass is 10.0. The lowest BCUT2D eigenvalue weighted by molar-refractivity contribution is -0.115. The molecular weight excluding hydrogens is 407 g/mol. The maximum Gasteiger partial charge on any atom is 0.243 e. The third-order valence-electron chi connectivity index (χ3n) is 3.63. The number of carbonyl (C=O) groups excluding carboxylic acids is 1. The number of carbonyl (C=O) groups is 1. The highest BCUT2D eigenvalue weighted by Crippen LogP contribution is 2.23. The molecule has 1 fully saturated rings. The molecule has 0 spiro atoms. The van der Waals surface area contributed by atoms with Crippen LogP contribution in [0.25, 0.3) is 0 Å². The van der Waals surface area contributed by atoms with Gasteiger partial charge in [-0.15, -0.1) is 24.0 Å². The van der Waals surface area contributed by atoms with Gasteiger partial charge in [-0.05, 0) is 31.9 Å². The summed E-state index contributed by atoms with van der Waals surface area (Å²) in [5.74, 6) is 0.484. The van der Waals surface area contributed by atoms with Gasteiger partial charge in [0.05, 0.1) is 12.1 Å². The molecule has 0 radical (unpaired) electrons. The summed E-state index contributed by atoms with van der Waals surface area (Å²) in [6.07, 6.45) is 2.12. The van der Waals surface area contributed by atoms with Crippen LogP contribution in [0.2, 0.25) is 0 Å². The lowest BCUT2D eigenvalue weighted by Gasteiger charge is -2.24. The van der Waals surface area contributed by atoms with Crippen molar-refractivity contribution in [3.63, 3.8) is 0 Å². The fraction of sp³-hybridized carbons (Fsp3) is 0.500. The normalized spacial score (nSPS) is 20.5. The number of nitrogens with zero attached hydrogens (tertiary/aromatic N) is 1. The molecule has 0 aromatic heterocycles. The highest BCUT2D eigenvalue weighted by atomic mass is 127. The Labute approximate surface area is 154 Å². The summed E-state index contributed by atoms with van der Waals surface area (Å²) in [6.45, 7) is 3.73. The lowest BCUT2D eigenvalue weighted by Crippen LogP contribution is -2.47. The van der Waals surface area contributed by atoms with Crippen LogP contribution in [0.5, 0.6) is 0 Å². The fourth-order valence-corrected chi connectivity index (χ4v) is 2.36. The van der Waals surface area contributed by atoms with Gasteiger partial charge in [0.25, 0.3) is 0 Å². The first-order chi connectivity index (χ1) is 10.6. The Morgan fingerprint density at radius 2 is 2.04 bits per heavy atom. The number of rotatable bonds is 5. The number of para-hydroxylation sites is 1. The average Bonchev–Trinajstić information content (AvgIpc) is 2.95. The van der Waals surface area contributed by atoms with E-state index in [0.29, 0.717) is 12.5 Å². The first kappa shape index (κ1) is 19.7. The summed E-state index contributed by atoms with van der Waals surface area (Å²) in [6, 6.07) is 9.37. The van der Waals surface area contributed by atoms with Crippen LogP contribution in [0.1, 0.15) is 19.8 Å². The van der Waals surface area contributed by atoms with E-state index < -0.39 is 0 Å². The zero-order chi connectivity index (χ0) is 15.8. The summed E-state index contributed by atoms with van der Waals surface area (Å²) >= 11 is 0. The third kappa shape index (κ3) is 6.74. The van der Waals surface area contributed by atoms with Gasteiger partial charge < -0.3 is 20.7 Å². The molecule has 1 aliphatic rings. The molecule has 1 atom stereocenters. The monoisotopic (exact) mass is 432 g/mol. The van der Waals surface area contributed by atoms with Gasteiger partial charge in [0.2, 0.25) is 5.91 Å². The quantitative estimate of drug-likeness (QED) is 0.378. The van der Waals surface area contributed by atoms with Crippen LogP contribution in [0.15, 0.2) is 35.3 Å². The molecule has 3 N–H and O–H groups in total. The van der Waals surface area contributed by atoms with E-state index in [0.717, 1.165) is 25.1 Å². The topological polar surface area (TPSA) is 74.8 Å². The minimum absolute atomic E-state index is 0. The molecule has 23 heavy (non-hydrogen) atoms. The van der Waals surface area contributed by atoms with E-state index in [1.54, 1.807) is 7.05 Å². The Morgan fingerprint density at radius 3 is 2.65 bits per heavy atom. The summed E-state index contributed by atoms with van der Waals surface area (Å²) in [5.41, 5.74) is 0.633. The second-order valence-corrected chi connectivity index (χ2v) is 5.60. The minimum Gasteiger partial charge on any atom is -0.373 e. The first-order valence-electron chi connectivity index (χ1n) is 7.55. The molecule has 2 rings (SSSR count). The van der Waals surface area contributed by atoms with Gasteiger partial charge in [0.15, 0.2) is 5.96 Å². The van der Waals surface area contributed by atoms with Crippen LogP contribution >= 0.6 is 24.0 Å². The second kappa shape index (κ2) is 9.71. The van der Waals surface area contributed by atoms with Gasteiger partial charge in [-0.1, -0.05) is 18.2 Å². The molecule has 0 saturated carbocycles. The Hall–Kier alpha value is -1.35. The molecular formula is C16H25IN4O2. The molecule has 1 saturated heterocycles. The largest absolute Gasteiger partial charge is 0.373 e. The van der Waals surface area contributed by atoms with Crippen molar-refractivity contribution in [3.8, 4) is 0 Å². The highest BCUT2D eigenvalue weighted by molar-refractivity contribution is 14.0. The molecule has 1 amide bonds. The van der Waals surface area contributed by atoms with Crippen LogP contribution in [-0.4, -0.2) is 44.2 Å². The number of benzene rings is 1. The van der Waals surface area contributed by atoms with Gasteiger partial charge in [0, 0.05) is 25.9 Å². The molecule has 1 aromatic rings. The van der Waals surface area contributed by atoms with Gasteiger partial charge in [-0.2, -0.15) is 0 Å². The van der Waals surface area contributed by atoms with Crippen molar-refractivity contribution >= 4 is 41.5 Å². The first-order valence-corrected chi connectivity index (χ1v) is 7.55. The maximum atomic E-state index is 11.9. The average molecular weight is 432 g/mol. The molecule has 1 unspecified atom stereocenters. The number of amides is 1. The maximum absolute atomic E-state index is 11.9. The molecule has 1 heterocycles. The number of ether oxygens (including phenoxy) is 1. The Balaban J connectivity index is 0.00000264. The molecule has 0 bridgehead atoms. The number of hydrogen-bond donors (Lipinski definition) is 3. The zero-order valence-electron chi connectivity index (χ0n) is 13.6. The van der Waals surface area contributed by atoms with Crippen LogP contribution in [0, 0.1) is 0 Å². The van der Waals surface area contributed by atoms with Crippen molar-refractivity contribution < 1.29 is 9.53 Å². The number of guanidine groups is 1. The van der Waals surface area contributed by atoms with Gasteiger partial charge >= 0.3 is 0 Å². The van der Waals surface area contributed by atoms with Gasteiger partial charge in [-0.3, -0.25) is 9.79 Å². The van der Waals surface area contributed by atoms with Crippen molar-refractivity contribution in [1.29, 1.82) is 0 Å². The predicted octanol–water partition coefficient (Wildman–Crippen LogP) is 1.98. The molecule has 7 heteroatoms. The summed E-state index contributed by atoms with van der Waals surface area (Å²) in [5, 5.41) is 9.02. The number of aliphatic imine (C=N–C) groups is 1. The number of halogens is 1. The van der Waals surface area contributed by atoms with Crippen molar-refractivity contribution in [2.24, 2.45) is 4.99 Å². The third-order valence-corrected chi connectivity index (χ3v) is 3.63. The Kier molecular flexibility index (Phi) is 8.32. The van der Waals surface area contributed by atoms with Crippen molar-refractivity contribution in [1.82, 2.24) is 10.6 Å². The fourth-order valence-electron chi connectivity index (χ4n) is 2.36. The second-order valence-electron chi connectivity index (χ2n) is 5.60. The van der Waals surface area contributed by atoms with Gasteiger partial charge in [0.1, 0.15) is 0 Å². The standard InChI is InChI=1S/C16H24N4O2.HI/c1-16(9-6-10-22-16)12-19-15(17-2)18-11-14(21)20-13-7-4-3-5-8-13;/h3-5,7-8H,6,9-12H2,1-2H3,(H,20,21)(H2,17,18,19);1H. The zero-order valence-corrected chi connectivity index (χ0v) is 15.9. The van der Waals surface area contributed by atoms with E-state index in [-0.39, 0.29) is 42.0 Å². The summed E-state index contributed by atoms with van der Waals surface area (Å²) in [4.78, 5) is 16.0. The molecule has 1 aliphatic heterocycles. The summed E-state index contributed by atoms with van der Waals surface area (Å²) < 4.78 is 5.72. The van der Waals surface area contributed by atoms with Crippen LogP contribution in [0.3, 0.4) is 0 Å². The molecule has 128 valence electrons. The molecule has 6 nitrogen and oxygen atoms in total. The van der Waals surface area contributed by atoms with Crippen LogP contribution in [-0.2, 0) is 9.53 Å². The van der Waals surface area contributed by atoms with Crippen LogP contribution < -0.4 is 16.0 Å². The van der Waals surface area contributed by atoms with Crippen molar-refractivity contribution in [3.05, 3.63) is 30.3 Å². The van der Waals surface area contributed by atoms with Crippen molar-refractivity contribution in [2.75, 3.05) is 32.1 Å². The van der Waals surface area contributed by atoms with Crippen LogP contribution in [0.4, 0.5) is 5.69 Å². The van der Waals surface area contributed by atoms with E-state index >= 15 is 0 Å². The van der Waals surface area contributed by atoms with E-state index in [1.807, 2.05) is 30.3 Å². The van der Waals surface area contributed by atoms with Crippen molar-refractivity contribution in [2.45, 2.75) is 25.4 Å². The smallest absolute Gasteiger partial charge is 0.243 e. The van der Waals surface area contributed by atoms with E-state index in [2.05, 4.69) is 27.9 Å². The number of hydrogen-bond acceptors (Lipinski definition) is 3. The van der Waals surface area contributed by atoms with E-state index in [4.69, 9.17) is 4.74 Å². The van der Waals surface area contributed by atoms with E-state index in [9.17, 15) is 4.79 Å². The van der Waals surface area contributed by atoms with Gasteiger partial charge in [-0.25, -0.2) is 0 Å².